The number of benzene rings is 2. The Kier molecular flexibility index (Phi) is 6.15. The summed E-state index contributed by atoms with van der Waals surface area (Å²) >= 11 is 14.9. The highest BCUT2D eigenvalue weighted by Crippen LogP contribution is 2.21. The van der Waals surface area contributed by atoms with Gasteiger partial charge in [-0.2, -0.15) is 5.10 Å². The Morgan fingerprint density at radius 1 is 1.04 bits per heavy atom. The first-order valence-corrected chi connectivity index (χ1v) is 7.85. The topological polar surface area (TPSA) is 70.6 Å². The van der Waals surface area contributed by atoms with Gasteiger partial charge in [-0.3, -0.25) is 9.59 Å². The SMILES string of the molecule is O=C(N/N=C\c1ccc(Cl)c(Cl)c1)C(=O)Nc1cccc(Br)c1. The minimum Gasteiger partial charge on any atom is -0.318 e. The van der Waals surface area contributed by atoms with Crippen LogP contribution >= 0.6 is 39.1 Å². The maximum absolute atomic E-state index is 11.7. The minimum absolute atomic E-state index is 0.370. The third-order valence-electron chi connectivity index (χ3n) is 2.61. The number of halogens is 3. The molecular formula is C15H10BrCl2N3O2. The molecule has 118 valence electrons. The standard InChI is InChI=1S/C15H10BrCl2N3O2/c16-10-2-1-3-11(7-10)20-14(22)15(23)21-19-8-9-4-5-12(17)13(18)6-9/h1-8H,(H,20,22)(H,21,23)/b19-8-. The molecule has 0 aliphatic carbocycles. The molecule has 2 aromatic rings. The number of rotatable bonds is 3. The van der Waals surface area contributed by atoms with Gasteiger partial charge in [0.05, 0.1) is 16.3 Å². The monoisotopic (exact) mass is 413 g/mol. The molecule has 0 saturated heterocycles. The highest BCUT2D eigenvalue weighted by Gasteiger charge is 2.12. The van der Waals surface area contributed by atoms with E-state index < -0.39 is 11.8 Å². The van der Waals surface area contributed by atoms with E-state index in [1.165, 1.54) is 6.21 Å². The number of hydrazone groups is 1. The molecule has 0 saturated carbocycles. The van der Waals surface area contributed by atoms with E-state index >= 15 is 0 Å². The van der Waals surface area contributed by atoms with E-state index in [0.29, 0.717) is 21.3 Å². The Morgan fingerprint density at radius 2 is 1.83 bits per heavy atom. The summed E-state index contributed by atoms with van der Waals surface area (Å²) in [5.41, 5.74) is 3.26. The van der Waals surface area contributed by atoms with Crippen LogP contribution in [-0.4, -0.2) is 18.0 Å². The molecule has 0 aliphatic heterocycles. The van der Waals surface area contributed by atoms with Gasteiger partial charge in [-0.25, -0.2) is 5.43 Å². The van der Waals surface area contributed by atoms with Crippen molar-refractivity contribution >= 4 is 62.8 Å². The van der Waals surface area contributed by atoms with Crippen LogP contribution in [0.25, 0.3) is 0 Å². The summed E-state index contributed by atoms with van der Waals surface area (Å²) in [6.45, 7) is 0. The first-order valence-electron chi connectivity index (χ1n) is 6.31. The van der Waals surface area contributed by atoms with Crippen molar-refractivity contribution in [1.29, 1.82) is 0 Å². The lowest BCUT2D eigenvalue weighted by Crippen LogP contribution is -2.32. The largest absolute Gasteiger partial charge is 0.329 e. The Labute approximate surface area is 150 Å². The number of amides is 2. The molecule has 2 N–H and O–H groups in total. The van der Waals surface area contributed by atoms with Crippen molar-refractivity contribution in [2.24, 2.45) is 5.10 Å². The summed E-state index contributed by atoms with van der Waals surface area (Å²) in [5.74, 6) is -1.71. The number of carbonyl (C=O) groups is 2. The smallest absolute Gasteiger partial charge is 0.318 e. The maximum atomic E-state index is 11.7. The first-order chi connectivity index (χ1) is 11.0. The van der Waals surface area contributed by atoms with E-state index in [2.05, 4.69) is 31.8 Å². The molecular weight excluding hydrogens is 405 g/mol. The molecule has 0 radical (unpaired) electrons. The normalized spacial score (nSPS) is 10.6. The lowest BCUT2D eigenvalue weighted by molar-refractivity contribution is -0.136. The van der Waals surface area contributed by atoms with Gasteiger partial charge in [-0.05, 0) is 35.9 Å². The van der Waals surface area contributed by atoms with Crippen molar-refractivity contribution < 1.29 is 9.59 Å². The van der Waals surface area contributed by atoms with Crippen molar-refractivity contribution in [3.8, 4) is 0 Å². The molecule has 0 spiro atoms. The molecule has 0 aromatic heterocycles. The van der Waals surface area contributed by atoms with Gasteiger partial charge in [0.15, 0.2) is 0 Å². The summed E-state index contributed by atoms with van der Waals surface area (Å²) in [4.78, 5) is 23.4. The van der Waals surface area contributed by atoms with Crippen molar-refractivity contribution in [2.75, 3.05) is 5.32 Å². The van der Waals surface area contributed by atoms with Crippen molar-refractivity contribution in [2.45, 2.75) is 0 Å². The molecule has 5 nitrogen and oxygen atoms in total. The number of anilines is 1. The van der Waals surface area contributed by atoms with Crippen LogP contribution in [0.3, 0.4) is 0 Å². The lowest BCUT2D eigenvalue weighted by Gasteiger charge is -2.04. The zero-order valence-corrected chi connectivity index (χ0v) is 14.6. The van der Waals surface area contributed by atoms with Crippen molar-refractivity contribution in [1.82, 2.24) is 5.43 Å². The summed E-state index contributed by atoms with van der Waals surface area (Å²) in [5, 5.41) is 6.94. The predicted molar refractivity (Wildman–Crippen MR) is 95.0 cm³/mol. The third kappa shape index (κ3) is 5.35. The summed E-state index contributed by atoms with van der Waals surface area (Å²) in [6.07, 6.45) is 1.35. The van der Waals surface area contributed by atoms with E-state index in [-0.39, 0.29) is 0 Å². The molecule has 8 heteroatoms. The average Bonchev–Trinajstić information content (AvgIpc) is 2.50. The Hall–Kier alpha value is -1.89. The number of hydrogen-bond acceptors (Lipinski definition) is 3. The second-order valence-corrected chi connectivity index (χ2v) is 6.07. The second-order valence-electron chi connectivity index (χ2n) is 4.34. The van der Waals surface area contributed by atoms with Crippen LogP contribution in [0.4, 0.5) is 5.69 Å². The Morgan fingerprint density at radius 3 is 2.52 bits per heavy atom. The zero-order valence-electron chi connectivity index (χ0n) is 11.5. The molecule has 0 unspecified atom stereocenters. The van der Waals surface area contributed by atoms with Crippen molar-refractivity contribution in [3.63, 3.8) is 0 Å². The minimum atomic E-state index is -0.888. The van der Waals surface area contributed by atoms with Crippen LogP contribution in [0, 0.1) is 0 Å². The van der Waals surface area contributed by atoms with Gasteiger partial charge in [0.1, 0.15) is 0 Å². The molecule has 2 amide bonds. The van der Waals surface area contributed by atoms with E-state index in [9.17, 15) is 9.59 Å². The number of nitrogens with zero attached hydrogens (tertiary/aromatic N) is 1. The van der Waals surface area contributed by atoms with E-state index in [0.717, 1.165) is 4.47 Å². The fraction of sp³-hybridized carbons (Fsp3) is 0. The van der Waals surface area contributed by atoms with Gasteiger partial charge in [-0.15, -0.1) is 0 Å². The third-order valence-corrected chi connectivity index (χ3v) is 3.84. The molecule has 2 rings (SSSR count). The van der Waals surface area contributed by atoms with E-state index in [1.807, 2.05) is 0 Å². The first kappa shape index (κ1) is 17.5. The highest BCUT2D eigenvalue weighted by molar-refractivity contribution is 9.10. The maximum Gasteiger partial charge on any atom is 0.329 e. The van der Waals surface area contributed by atoms with Gasteiger partial charge >= 0.3 is 11.8 Å². The highest BCUT2D eigenvalue weighted by atomic mass is 79.9. The molecule has 0 aliphatic rings. The van der Waals surface area contributed by atoms with E-state index in [4.69, 9.17) is 23.2 Å². The molecule has 0 fully saturated rings. The van der Waals surface area contributed by atoms with Crippen LogP contribution in [0.1, 0.15) is 5.56 Å². The Bertz CT molecular complexity index is 781. The van der Waals surface area contributed by atoms with Crippen LogP contribution in [0.15, 0.2) is 52.0 Å². The second kappa shape index (κ2) is 8.10. The van der Waals surface area contributed by atoms with Crippen LogP contribution in [-0.2, 0) is 9.59 Å². The molecule has 0 atom stereocenters. The van der Waals surface area contributed by atoms with Crippen LogP contribution < -0.4 is 10.7 Å². The fourth-order valence-electron chi connectivity index (χ4n) is 1.56. The van der Waals surface area contributed by atoms with Crippen LogP contribution in [0.5, 0.6) is 0 Å². The fourth-order valence-corrected chi connectivity index (χ4v) is 2.27. The van der Waals surface area contributed by atoms with Gasteiger partial charge in [-0.1, -0.05) is 51.3 Å². The quantitative estimate of drug-likeness (QED) is 0.455. The van der Waals surface area contributed by atoms with Gasteiger partial charge in [0.2, 0.25) is 0 Å². The molecule has 2 aromatic carbocycles. The Balaban J connectivity index is 1.92. The molecule has 23 heavy (non-hydrogen) atoms. The van der Waals surface area contributed by atoms with Gasteiger partial charge in [0.25, 0.3) is 0 Å². The van der Waals surface area contributed by atoms with E-state index in [1.54, 1.807) is 42.5 Å². The van der Waals surface area contributed by atoms with Gasteiger partial charge in [0, 0.05) is 10.2 Å². The average molecular weight is 415 g/mol. The van der Waals surface area contributed by atoms with Crippen molar-refractivity contribution in [3.05, 3.63) is 62.5 Å². The summed E-state index contributed by atoms with van der Waals surface area (Å²) in [7, 11) is 0. The number of nitrogens with one attached hydrogen (secondary N) is 2. The predicted octanol–water partition coefficient (Wildman–Crippen LogP) is 3.84. The number of hydrogen-bond donors (Lipinski definition) is 2. The molecule has 0 bridgehead atoms. The summed E-state index contributed by atoms with van der Waals surface area (Å²) < 4.78 is 0.786. The summed E-state index contributed by atoms with van der Waals surface area (Å²) in [6, 6.07) is 11.7. The van der Waals surface area contributed by atoms with Crippen LogP contribution in [0.2, 0.25) is 10.0 Å². The number of carbonyl (C=O) groups excluding carboxylic acids is 2. The lowest BCUT2D eigenvalue weighted by atomic mass is 10.2. The molecule has 0 heterocycles. The van der Waals surface area contributed by atoms with Gasteiger partial charge < -0.3 is 5.32 Å². The zero-order chi connectivity index (χ0) is 16.8.